The molecule has 0 bridgehead atoms. The first-order valence-corrected chi connectivity index (χ1v) is 6.20. The number of nitrogens with zero attached hydrogens (tertiary/aromatic N) is 1. The van der Waals surface area contributed by atoms with E-state index in [-0.39, 0.29) is 11.9 Å². The zero-order valence-corrected chi connectivity index (χ0v) is 11.0. The Morgan fingerprint density at radius 2 is 2.06 bits per heavy atom. The molecule has 0 spiro atoms. The predicted octanol–water partition coefficient (Wildman–Crippen LogP) is 2.80. The fourth-order valence-electron chi connectivity index (χ4n) is 1.90. The van der Waals surface area contributed by atoms with Crippen LogP contribution in [0.1, 0.15) is 31.9 Å². The first kappa shape index (κ1) is 14.1. The SMILES string of the molecule is CC(C)CCN(C)C(CN)c1cccc(F)c1. The van der Waals surface area contributed by atoms with Gasteiger partial charge in [0.25, 0.3) is 0 Å². The molecule has 0 amide bonds. The van der Waals surface area contributed by atoms with Crippen LogP contribution in [0.15, 0.2) is 24.3 Å². The molecular weight excluding hydrogens is 215 g/mol. The summed E-state index contributed by atoms with van der Waals surface area (Å²) < 4.78 is 13.2. The van der Waals surface area contributed by atoms with Gasteiger partial charge in [-0.25, -0.2) is 4.39 Å². The third kappa shape index (κ3) is 4.44. The summed E-state index contributed by atoms with van der Waals surface area (Å²) in [6.45, 7) is 5.90. The van der Waals surface area contributed by atoms with E-state index in [0.717, 1.165) is 18.5 Å². The van der Waals surface area contributed by atoms with Crippen molar-refractivity contribution in [1.82, 2.24) is 4.90 Å². The minimum Gasteiger partial charge on any atom is -0.329 e. The van der Waals surface area contributed by atoms with Gasteiger partial charge in [0.05, 0.1) is 0 Å². The fourth-order valence-corrected chi connectivity index (χ4v) is 1.90. The van der Waals surface area contributed by atoms with E-state index >= 15 is 0 Å². The Morgan fingerprint density at radius 3 is 2.59 bits per heavy atom. The Kier molecular flexibility index (Phi) is 5.59. The highest BCUT2D eigenvalue weighted by Crippen LogP contribution is 2.19. The third-order valence-electron chi connectivity index (χ3n) is 3.05. The van der Waals surface area contributed by atoms with Gasteiger partial charge in [-0.3, -0.25) is 4.90 Å². The van der Waals surface area contributed by atoms with Crippen molar-refractivity contribution in [1.29, 1.82) is 0 Å². The second-order valence-electron chi connectivity index (χ2n) is 4.97. The maximum Gasteiger partial charge on any atom is 0.123 e. The number of benzene rings is 1. The molecule has 0 aliphatic carbocycles. The molecule has 1 aromatic rings. The van der Waals surface area contributed by atoms with Crippen LogP contribution in [0.2, 0.25) is 0 Å². The summed E-state index contributed by atoms with van der Waals surface area (Å²) in [4.78, 5) is 2.20. The van der Waals surface area contributed by atoms with E-state index in [1.54, 1.807) is 12.1 Å². The summed E-state index contributed by atoms with van der Waals surface area (Å²) in [5.74, 6) is 0.474. The molecule has 0 aliphatic rings. The van der Waals surface area contributed by atoms with Crippen molar-refractivity contribution in [3.63, 3.8) is 0 Å². The van der Waals surface area contributed by atoms with Crippen LogP contribution < -0.4 is 5.73 Å². The maximum atomic E-state index is 13.2. The highest BCUT2D eigenvalue weighted by atomic mass is 19.1. The van der Waals surface area contributed by atoms with Gasteiger partial charge in [-0.15, -0.1) is 0 Å². The molecule has 17 heavy (non-hydrogen) atoms. The van der Waals surface area contributed by atoms with Crippen LogP contribution in [0.25, 0.3) is 0 Å². The first-order chi connectivity index (χ1) is 8.04. The maximum absolute atomic E-state index is 13.2. The molecule has 96 valence electrons. The molecule has 0 radical (unpaired) electrons. The van der Waals surface area contributed by atoms with Gasteiger partial charge in [-0.2, -0.15) is 0 Å². The molecule has 0 saturated carbocycles. The van der Waals surface area contributed by atoms with Crippen molar-refractivity contribution in [2.45, 2.75) is 26.3 Å². The van der Waals surface area contributed by atoms with E-state index in [4.69, 9.17) is 5.73 Å². The number of rotatable bonds is 6. The number of likely N-dealkylation sites (N-methyl/N-ethyl adjacent to an activating group) is 1. The van der Waals surface area contributed by atoms with Gasteiger partial charge >= 0.3 is 0 Å². The van der Waals surface area contributed by atoms with Crippen LogP contribution in [-0.2, 0) is 0 Å². The number of nitrogens with two attached hydrogens (primary N) is 1. The van der Waals surface area contributed by atoms with Crippen LogP contribution in [0.5, 0.6) is 0 Å². The van der Waals surface area contributed by atoms with Crippen molar-refractivity contribution >= 4 is 0 Å². The van der Waals surface area contributed by atoms with Gasteiger partial charge in [0.2, 0.25) is 0 Å². The topological polar surface area (TPSA) is 29.3 Å². The van der Waals surface area contributed by atoms with E-state index in [1.165, 1.54) is 6.07 Å². The summed E-state index contributed by atoms with van der Waals surface area (Å²) in [7, 11) is 2.05. The highest BCUT2D eigenvalue weighted by molar-refractivity contribution is 5.20. The lowest BCUT2D eigenvalue weighted by atomic mass is 10.0. The molecule has 1 rings (SSSR count). The van der Waals surface area contributed by atoms with Crippen molar-refractivity contribution < 1.29 is 4.39 Å². The highest BCUT2D eigenvalue weighted by Gasteiger charge is 2.15. The normalized spacial score (nSPS) is 13.4. The third-order valence-corrected chi connectivity index (χ3v) is 3.05. The van der Waals surface area contributed by atoms with E-state index in [2.05, 4.69) is 18.7 Å². The summed E-state index contributed by atoms with van der Waals surface area (Å²) in [5.41, 5.74) is 6.76. The number of halogens is 1. The van der Waals surface area contributed by atoms with Crippen LogP contribution in [0.3, 0.4) is 0 Å². The molecule has 0 saturated heterocycles. The van der Waals surface area contributed by atoms with Gasteiger partial charge in [-0.05, 0) is 43.6 Å². The molecule has 2 nitrogen and oxygen atoms in total. The van der Waals surface area contributed by atoms with Gasteiger partial charge in [0.15, 0.2) is 0 Å². The van der Waals surface area contributed by atoms with Crippen LogP contribution in [0, 0.1) is 11.7 Å². The van der Waals surface area contributed by atoms with Crippen LogP contribution in [0.4, 0.5) is 4.39 Å². The summed E-state index contributed by atoms with van der Waals surface area (Å²) in [6.07, 6.45) is 1.13. The average molecular weight is 238 g/mol. The van der Waals surface area contributed by atoms with Gasteiger partial charge < -0.3 is 5.73 Å². The molecule has 0 heterocycles. The van der Waals surface area contributed by atoms with E-state index < -0.39 is 0 Å². The van der Waals surface area contributed by atoms with Crippen molar-refractivity contribution in [3.05, 3.63) is 35.6 Å². The molecule has 1 atom stereocenters. The van der Waals surface area contributed by atoms with Gasteiger partial charge in [0, 0.05) is 12.6 Å². The van der Waals surface area contributed by atoms with Gasteiger partial charge in [-0.1, -0.05) is 26.0 Å². The lowest BCUT2D eigenvalue weighted by Crippen LogP contribution is -2.31. The molecular formula is C14H23FN2. The van der Waals surface area contributed by atoms with Crippen LogP contribution in [-0.4, -0.2) is 25.0 Å². The fraction of sp³-hybridized carbons (Fsp3) is 0.571. The minimum absolute atomic E-state index is 0.101. The molecule has 1 aromatic carbocycles. The Labute approximate surface area is 104 Å². The van der Waals surface area contributed by atoms with Crippen molar-refractivity contribution in [3.8, 4) is 0 Å². The summed E-state index contributed by atoms with van der Waals surface area (Å²) >= 11 is 0. The Hall–Kier alpha value is -0.930. The molecule has 3 heteroatoms. The standard InChI is InChI=1S/C14H23FN2/c1-11(2)7-8-17(3)14(10-16)12-5-4-6-13(15)9-12/h4-6,9,11,14H,7-8,10,16H2,1-3H3. The molecule has 0 fully saturated rings. The Balaban J connectivity index is 2.70. The smallest absolute Gasteiger partial charge is 0.123 e. The summed E-state index contributed by atoms with van der Waals surface area (Å²) in [5, 5.41) is 0. The van der Waals surface area contributed by atoms with E-state index in [0.29, 0.717) is 12.5 Å². The van der Waals surface area contributed by atoms with E-state index in [1.807, 2.05) is 13.1 Å². The monoisotopic (exact) mass is 238 g/mol. The lowest BCUT2D eigenvalue weighted by molar-refractivity contribution is 0.236. The van der Waals surface area contributed by atoms with E-state index in [9.17, 15) is 4.39 Å². The average Bonchev–Trinajstić information content (AvgIpc) is 2.27. The largest absolute Gasteiger partial charge is 0.329 e. The first-order valence-electron chi connectivity index (χ1n) is 6.20. The molecule has 2 N–H and O–H groups in total. The predicted molar refractivity (Wildman–Crippen MR) is 70.3 cm³/mol. The molecule has 0 aliphatic heterocycles. The number of hydrogen-bond acceptors (Lipinski definition) is 2. The Bertz CT molecular complexity index is 339. The van der Waals surface area contributed by atoms with Gasteiger partial charge in [0.1, 0.15) is 5.82 Å². The summed E-state index contributed by atoms with van der Waals surface area (Å²) in [6, 6.07) is 6.81. The zero-order chi connectivity index (χ0) is 12.8. The second kappa shape index (κ2) is 6.72. The number of hydrogen-bond donors (Lipinski definition) is 1. The molecule has 1 unspecified atom stereocenters. The molecule has 0 aromatic heterocycles. The van der Waals surface area contributed by atoms with Crippen molar-refractivity contribution in [2.24, 2.45) is 11.7 Å². The Morgan fingerprint density at radius 1 is 1.35 bits per heavy atom. The van der Waals surface area contributed by atoms with Crippen LogP contribution >= 0.6 is 0 Å². The van der Waals surface area contributed by atoms with Crippen molar-refractivity contribution in [2.75, 3.05) is 20.1 Å². The zero-order valence-electron chi connectivity index (χ0n) is 11.0. The lowest BCUT2D eigenvalue weighted by Gasteiger charge is -2.28. The minimum atomic E-state index is -0.196. The second-order valence-corrected chi connectivity index (χ2v) is 4.97. The quantitative estimate of drug-likeness (QED) is 0.825.